The molecule has 1 aromatic carbocycles. The fourth-order valence-electron chi connectivity index (χ4n) is 2.89. The fraction of sp³-hybridized carbons (Fsp3) is 0.476. The summed E-state index contributed by atoms with van der Waals surface area (Å²) in [5, 5.41) is 44.4. The lowest BCUT2D eigenvalue weighted by Gasteiger charge is -2.25. The number of carboxylic acids is 1. The van der Waals surface area contributed by atoms with Crippen LogP contribution < -0.4 is 27.4 Å². The Balaban J connectivity index is 3.16. The number of hydrogen-bond acceptors (Lipinski definition) is 9. The highest BCUT2D eigenvalue weighted by atomic mass is 16.4. The molecule has 1 rings (SSSR count). The van der Waals surface area contributed by atoms with E-state index >= 15 is 0 Å². The molecule has 35 heavy (non-hydrogen) atoms. The second kappa shape index (κ2) is 13.2. The lowest BCUT2D eigenvalue weighted by molar-refractivity contribution is -0.145. The maximum atomic E-state index is 13.0. The Morgan fingerprint density at radius 3 is 1.83 bits per heavy atom. The number of carbonyl (C=O) groups excluding carboxylic acids is 4. The third kappa shape index (κ3) is 9.56. The predicted octanol–water partition coefficient (Wildman–Crippen LogP) is -3.56. The molecule has 4 amide bonds. The van der Waals surface area contributed by atoms with E-state index in [1.165, 1.54) is 31.2 Å². The maximum Gasteiger partial charge on any atom is 0.328 e. The minimum atomic E-state index is -1.73. The van der Waals surface area contributed by atoms with Gasteiger partial charge in [0.15, 0.2) is 6.04 Å². The first-order chi connectivity index (χ1) is 16.2. The Morgan fingerprint density at radius 2 is 1.37 bits per heavy atom. The van der Waals surface area contributed by atoms with E-state index in [1.807, 2.05) is 5.32 Å². The number of phenols is 1. The number of rotatable bonds is 13. The van der Waals surface area contributed by atoms with Crippen molar-refractivity contribution in [1.82, 2.24) is 16.0 Å². The number of aromatic hydroxyl groups is 1. The zero-order chi connectivity index (χ0) is 26.9. The molecule has 0 fully saturated rings. The van der Waals surface area contributed by atoms with Crippen molar-refractivity contribution in [1.29, 1.82) is 0 Å². The molecule has 6 unspecified atom stereocenters. The van der Waals surface area contributed by atoms with Gasteiger partial charge in [-0.3, -0.25) is 19.2 Å². The molecule has 14 heteroatoms. The van der Waals surface area contributed by atoms with Gasteiger partial charge < -0.3 is 47.8 Å². The topological polar surface area (TPSA) is 254 Å². The number of aliphatic hydroxyl groups excluding tert-OH is 2. The van der Waals surface area contributed by atoms with Crippen LogP contribution in [-0.4, -0.2) is 86.4 Å². The molecule has 0 saturated carbocycles. The van der Waals surface area contributed by atoms with Gasteiger partial charge in [0, 0.05) is 6.42 Å². The molecule has 0 bridgehead atoms. The van der Waals surface area contributed by atoms with Crippen molar-refractivity contribution in [3.63, 3.8) is 0 Å². The van der Waals surface area contributed by atoms with Crippen molar-refractivity contribution >= 4 is 29.6 Å². The van der Waals surface area contributed by atoms with E-state index in [1.54, 1.807) is 0 Å². The molecular formula is C21H31N5O9. The molecule has 0 aliphatic heterocycles. The number of carbonyl (C=O) groups is 5. The van der Waals surface area contributed by atoms with Crippen LogP contribution >= 0.6 is 0 Å². The summed E-state index contributed by atoms with van der Waals surface area (Å²) in [6, 6.07) is -0.451. The van der Waals surface area contributed by atoms with Crippen LogP contribution in [0.15, 0.2) is 24.3 Å². The molecule has 14 nitrogen and oxygen atoms in total. The first kappa shape index (κ1) is 29.3. The summed E-state index contributed by atoms with van der Waals surface area (Å²) in [5.41, 5.74) is 11.3. The van der Waals surface area contributed by atoms with Crippen LogP contribution in [0.3, 0.4) is 0 Å². The van der Waals surface area contributed by atoms with Crippen molar-refractivity contribution in [2.45, 2.75) is 63.1 Å². The van der Waals surface area contributed by atoms with Gasteiger partial charge in [0.05, 0.1) is 18.6 Å². The van der Waals surface area contributed by atoms with Crippen molar-refractivity contribution in [2.75, 3.05) is 0 Å². The van der Waals surface area contributed by atoms with Gasteiger partial charge in [-0.25, -0.2) is 4.79 Å². The van der Waals surface area contributed by atoms with Crippen molar-refractivity contribution in [2.24, 2.45) is 11.5 Å². The molecule has 11 N–H and O–H groups in total. The molecule has 0 saturated heterocycles. The summed E-state index contributed by atoms with van der Waals surface area (Å²) in [6.07, 6.45) is -3.59. The Labute approximate surface area is 200 Å². The smallest absolute Gasteiger partial charge is 0.328 e. The van der Waals surface area contributed by atoms with Gasteiger partial charge in [-0.2, -0.15) is 0 Å². The van der Waals surface area contributed by atoms with Gasteiger partial charge >= 0.3 is 5.97 Å². The van der Waals surface area contributed by atoms with Crippen LogP contribution in [0.2, 0.25) is 0 Å². The highest BCUT2D eigenvalue weighted by molar-refractivity contribution is 5.96. The second-order valence-corrected chi connectivity index (χ2v) is 7.99. The molecule has 194 valence electrons. The lowest BCUT2D eigenvalue weighted by atomic mass is 10.0. The van der Waals surface area contributed by atoms with Gasteiger partial charge in [0.1, 0.15) is 23.9 Å². The third-order valence-corrected chi connectivity index (χ3v) is 4.92. The number of benzene rings is 1. The Kier molecular flexibility index (Phi) is 11.1. The summed E-state index contributed by atoms with van der Waals surface area (Å²) in [4.78, 5) is 60.7. The van der Waals surface area contributed by atoms with Gasteiger partial charge in [-0.05, 0) is 31.5 Å². The van der Waals surface area contributed by atoms with E-state index < -0.39 is 72.4 Å². The minimum absolute atomic E-state index is 0.0424. The fourth-order valence-corrected chi connectivity index (χ4v) is 2.89. The number of nitrogens with one attached hydrogen (secondary N) is 3. The molecule has 0 aliphatic carbocycles. The van der Waals surface area contributed by atoms with Gasteiger partial charge in [-0.1, -0.05) is 12.1 Å². The van der Waals surface area contributed by atoms with Crippen LogP contribution in [0.1, 0.15) is 25.8 Å². The number of aliphatic hydroxyl groups is 2. The number of phenolic OH excluding ortho intramolecular Hbond substituents is 1. The van der Waals surface area contributed by atoms with Crippen LogP contribution in [0.25, 0.3) is 0 Å². The second-order valence-electron chi connectivity index (χ2n) is 7.99. The third-order valence-electron chi connectivity index (χ3n) is 4.92. The average Bonchev–Trinajstić information content (AvgIpc) is 2.76. The number of nitrogens with two attached hydrogens (primary N) is 2. The van der Waals surface area contributed by atoms with Crippen LogP contribution in [-0.2, 0) is 30.4 Å². The molecule has 0 aromatic heterocycles. The Morgan fingerprint density at radius 1 is 0.857 bits per heavy atom. The number of amides is 4. The summed E-state index contributed by atoms with van der Waals surface area (Å²) in [7, 11) is 0. The molecule has 0 spiro atoms. The van der Waals surface area contributed by atoms with E-state index in [0.717, 1.165) is 6.92 Å². The van der Waals surface area contributed by atoms with Crippen LogP contribution in [0, 0.1) is 0 Å². The van der Waals surface area contributed by atoms with E-state index in [9.17, 15) is 39.3 Å². The van der Waals surface area contributed by atoms with E-state index in [-0.39, 0.29) is 12.2 Å². The minimum Gasteiger partial charge on any atom is -0.508 e. The van der Waals surface area contributed by atoms with Crippen LogP contribution in [0.4, 0.5) is 0 Å². The monoisotopic (exact) mass is 497 g/mol. The van der Waals surface area contributed by atoms with Crippen molar-refractivity contribution in [3.05, 3.63) is 29.8 Å². The van der Waals surface area contributed by atoms with Gasteiger partial charge in [0.25, 0.3) is 0 Å². The number of hydrogen-bond donors (Lipinski definition) is 9. The number of carboxylic acid groups (broad SMARTS) is 1. The molecule has 1 aromatic rings. The maximum absolute atomic E-state index is 13.0. The van der Waals surface area contributed by atoms with Gasteiger partial charge in [-0.15, -0.1) is 0 Å². The van der Waals surface area contributed by atoms with E-state index in [4.69, 9.17) is 16.6 Å². The van der Waals surface area contributed by atoms with Crippen LogP contribution in [0.5, 0.6) is 5.75 Å². The summed E-state index contributed by atoms with van der Waals surface area (Å²) in [6.45, 7) is 2.39. The summed E-state index contributed by atoms with van der Waals surface area (Å²) >= 11 is 0. The van der Waals surface area contributed by atoms with E-state index in [0.29, 0.717) is 5.56 Å². The summed E-state index contributed by atoms with van der Waals surface area (Å²) < 4.78 is 0. The van der Waals surface area contributed by atoms with E-state index in [2.05, 4.69) is 10.6 Å². The SMILES string of the molecule is CC(O)C(N)C(=O)NC(Cc1ccc(O)cc1)C(=O)NC(CC(N)=O)C(=O)NC(C(=O)O)C(C)O. The zero-order valence-corrected chi connectivity index (χ0v) is 19.2. The predicted molar refractivity (Wildman–Crippen MR) is 120 cm³/mol. The highest BCUT2D eigenvalue weighted by Gasteiger charge is 2.33. The Hall–Kier alpha value is -3.75. The summed E-state index contributed by atoms with van der Waals surface area (Å²) in [5.74, 6) is -5.53. The van der Waals surface area contributed by atoms with Crippen molar-refractivity contribution < 1.29 is 44.4 Å². The Bertz CT molecular complexity index is 920. The standard InChI is InChI=1S/C21H31N5O9/c1-9(27)16(23)20(33)25-13(7-11-3-5-12(29)6-4-11)18(31)24-14(8-15(22)30)19(32)26-17(10(2)28)21(34)35/h3-6,9-10,13-14,16-17,27-29H,7-8,23H2,1-2H3,(H2,22,30)(H,24,31)(H,25,33)(H,26,32)(H,34,35). The first-order valence-corrected chi connectivity index (χ1v) is 10.5. The van der Waals surface area contributed by atoms with Crippen molar-refractivity contribution in [3.8, 4) is 5.75 Å². The van der Waals surface area contributed by atoms with Gasteiger partial charge in [0.2, 0.25) is 23.6 Å². The molecule has 0 radical (unpaired) electrons. The average molecular weight is 498 g/mol. The molecule has 0 aliphatic rings. The molecular weight excluding hydrogens is 466 g/mol. The first-order valence-electron chi connectivity index (χ1n) is 10.5. The quantitative estimate of drug-likeness (QED) is 0.130. The molecule has 0 heterocycles. The number of aliphatic carboxylic acids is 1. The highest BCUT2D eigenvalue weighted by Crippen LogP contribution is 2.12. The zero-order valence-electron chi connectivity index (χ0n) is 19.2. The molecule has 6 atom stereocenters. The largest absolute Gasteiger partial charge is 0.508 e. The number of primary amides is 1. The lowest BCUT2D eigenvalue weighted by Crippen LogP contribution is -2.59. The normalized spacial score (nSPS) is 16.0.